The number of fused-ring (bicyclic) bond motifs is 1. The van der Waals surface area contributed by atoms with Crippen molar-refractivity contribution in [3.05, 3.63) is 81.6 Å². The lowest BCUT2D eigenvalue weighted by atomic mass is 9.81. The molecule has 0 bridgehead atoms. The summed E-state index contributed by atoms with van der Waals surface area (Å²) in [6.45, 7) is 1.87. The maximum absolute atomic E-state index is 13.1. The number of methoxy groups -OCH3 is 1. The van der Waals surface area contributed by atoms with Crippen molar-refractivity contribution in [2.45, 2.75) is 38.3 Å². The van der Waals surface area contributed by atoms with Gasteiger partial charge in [-0.1, -0.05) is 6.07 Å². The van der Waals surface area contributed by atoms with E-state index in [0.29, 0.717) is 17.9 Å². The molecule has 11 heteroatoms. The van der Waals surface area contributed by atoms with Gasteiger partial charge >= 0.3 is 12.1 Å². The van der Waals surface area contributed by atoms with Gasteiger partial charge in [0.25, 0.3) is 0 Å². The van der Waals surface area contributed by atoms with Crippen LogP contribution < -0.4 is 5.32 Å². The van der Waals surface area contributed by atoms with Gasteiger partial charge < -0.3 is 15.2 Å². The second-order valence-corrected chi connectivity index (χ2v) is 10.1. The summed E-state index contributed by atoms with van der Waals surface area (Å²) < 4.78 is 44.0. The predicted octanol–water partition coefficient (Wildman–Crippen LogP) is 6.63. The van der Waals surface area contributed by atoms with Gasteiger partial charge in [-0.3, -0.25) is 0 Å². The van der Waals surface area contributed by atoms with Gasteiger partial charge in [-0.15, -0.1) is 11.3 Å². The number of aryl methyl sites for hydroxylation is 1. The minimum Gasteiger partial charge on any atom is -0.507 e. The molecule has 1 unspecified atom stereocenters. The number of phenolic OH excluding ortho intramolecular Hbond substituents is 1. The van der Waals surface area contributed by atoms with E-state index in [0.717, 1.165) is 57.7 Å². The van der Waals surface area contributed by atoms with Gasteiger partial charge in [0.05, 0.1) is 23.2 Å². The van der Waals surface area contributed by atoms with Crippen LogP contribution in [0.4, 0.5) is 24.8 Å². The summed E-state index contributed by atoms with van der Waals surface area (Å²) in [6.07, 6.45) is 0.672. The van der Waals surface area contributed by atoms with Gasteiger partial charge in [-0.25, -0.2) is 19.7 Å². The number of nitrogens with zero attached hydrogens (tertiary/aromatic N) is 3. The highest BCUT2D eigenvalue weighted by molar-refractivity contribution is 7.15. The number of carbonyl (C=O) groups excluding carboxylic acids is 1. The molecule has 0 radical (unpaired) electrons. The van der Waals surface area contributed by atoms with Gasteiger partial charge in [0, 0.05) is 18.3 Å². The molecule has 38 heavy (non-hydrogen) atoms. The monoisotopic (exact) mass is 540 g/mol. The molecule has 3 aromatic heterocycles. The Balaban J connectivity index is 1.43. The summed E-state index contributed by atoms with van der Waals surface area (Å²) in [5, 5.41) is 14.4. The van der Waals surface area contributed by atoms with E-state index in [1.165, 1.54) is 18.4 Å². The number of rotatable bonds is 5. The van der Waals surface area contributed by atoms with Gasteiger partial charge in [-0.2, -0.15) is 13.2 Å². The number of alkyl halides is 3. The van der Waals surface area contributed by atoms with E-state index in [-0.39, 0.29) is 23.0 Å². The SMILES string of the molecule is COC(=O)c1ccc2c(c1O)CCCC2c1ncc(-c2cc(C)cc(Nc3cc(C(F)(F)F)ccn3)n2)s1. The van der Waals surface area contributed by atoms with Crippen molar-refractivity contribution in [2.24, 2.45) is 0 Å². The van der Waals surface area contributed by atoms with Gasteiger partial charge in [0.2, 0.25) is 0 Å². The number of pyridine rings is 2. The molecule has 1 atom stereocenters. The number of phenols is 1. The first-order chi connectivity index (χ1) is 18.1. The van der Waals surface area contributed by atoms with Crippen molar-refractivity contribution in [2.75, 3.05) is 12.4 Å². The van der Waals surface area contributed by atoms with Crippen LogP contribution in [-0.4, -0.2) is 33.1 Å². The lowest BCUT2D eigenvalue weighted by Gasteiger charge is -2.25. The summed E-state index contributed by atoms with van der Waals surface area (Å²) in [5.41, 5.74) is 2.50. The lowest BCUT2D eigenvalue weighted by molar-refractivity contribution is -0.137. The molecule has 3 heterocycles. The molecule has 1 aromatic carbocycles. The molecule has 0 spiro atoms. The smallest absolute Gasteiger partial charge is 0.416 e. The highest BCUT2D eigenvalue weighted by Gasteiger charge is 2.31. The van der Waals surface area contributed by atoms with E-state index in [1.54, 1.807) is 18.3 Å². The van der Waals surface area contributed by atoms with Crippen LogP contribution >= 0.6 is 11.3 Å². The third-order valence-corrected chi connectivity index (χ3v) is 7.54. The Kier molecular flexibility index (Phi) is 6.78. The van der Waals surface area contributed by atoms with E-state index in [9.17, 15) is 23.1 Å². The summed E-state index contributed by atoms with van der Waals surface area (Å²) in [7, 11) is 1.28. The zero-order chi connectivity index (χ0) is 27.0. The number of carbonyl (C=O) groups is 1. The Labute approximate surface area is 220 Å². The second-order valence-electron chi connectivity index (χ2n) is 9.00. The third kappa shape index (κ3) is 5.06. The van der Waals surface area contributed by atoms with E-state index in [2.05, 4.69) is 20.3 Å². The van der Waals surface area contributed by atoms with Crippen molar-refractivity contribution >= 4 is 28.9 Å². The number of nitrogens with one attached hydrogen (secondary N) is 1. The molecular formula is C27H23F3N4O3S. The number of benzene rings is 1. The number of ether oxygens (including phenoxy) is 1. The third-order valence-electron chi connectivity index (χ3n) is 6.41. The van der Waals surface area contributed by atoms with Crippen LogP contribution in [0.15, 0.2) is 48.8 Å². The Morgan fingerprint density at radius 1 is 1.16 bits per heavy atom. The number of hydrogen-bond donors (Lipinski definition) is 2. The number of aromatic nitrogens is 3. The first-order valence-corrected chi connectivity index (χ1v) is 12.6. The van der Waals surface area contributed by atoms with Gasteiger partial charge in [0.1, 0.15) is 28.0 Å². The minimum atomic E-state index is -4.47. The normalized spacial score (nSPS) is 15.1. The molecule has 1 aliphatic rings. The lowest BCUT2D eigenvalue weighted by Crippen LogP contribution is -2.13. The van der Waals surface area contributed by atoms with Crippen molar-refractivity contribution < 1.29 is 27.8 Å². The van der Waals surface area contributed by atoms with Crippen molar-refractivity contribution in [3.8, 4) is 16.3 Å². The fraction of sp³-hybridized carbons (Fsp3) is 0.259. The summed E-state index contributed by atoms with van der Waals surface area (Å²) in [4.78, 5) is 26.0. The van der Waals surface area contributed by atoms with Crippen LogP contribution in [0.3, 0.4) is 0 Å². The molecule has 4 aromatic rings. The molecule has 0 saturated heterocycles. The zero-order valence-corrected chi connectivity index (χ0v) is 21.3. The summed E-state index contributed by atoms with van der Waals surface area (Å²) in [5.74, 6) is -0.273. The van der Waals surface area contributed by atoms with Crippen LogP contribution in [0, 0.1) is 6.92 Å². The average molecular weight is 541 g/mol. The molecule has 7 nitrogen and oxygen atoms in total. The Morgan fingerprint density at radius 3 is 2.74 bits per heavy atom. The zero-order valence-electron chi connectivity index (χ0n) is 20.5. The Bertz CT molecular complexity index is 1520. The topological polar surface area (TPSA) is 97.2 Å². The fourth-order valence-electron chi connectivity index (χ4n) is 4.64. The number of esters is 1. The van der Waals surface area contributed by atoms with E-state index in [1.807, 2.05) is 19.1 Å². The molecule has 0 aliphatic heterocycles. The predicted molar refractivity (Wildman–Crippen MR) is 137 cm³/mol. The highest BCUT2D eigenvalue weighted by Crippen LogP contribution is 2.43. The molecule has 2 N–H and O–H groups in total. The number of aromatic hydroxyl groups is 1. The quantitative estimate of drug-likeness (QED) is 0.274. The van der Waals surface area contributed by atoms with Crippen LogP contribution in [-0.2, 0) is 17.3 Å². The van der Waals surface area contributed by atoms with Crippen molar-refractivity contribution in [3.63, 3.8) is 0 Å². The first kappa shape index (κ1) is 25.7. The largest absolute Gasteiger partial charge is 0.507 e. The van der Waals surface area contributed by atoms with Crippen molar-refractivity contribution in [1.82, 2.24) is 15.0 Å². The minimum absolute atomic E-state index is 0.0406. The summed E-state index contributed by atoms with van der Waals surface area (Å²) >= 11 is 1.47. The molecular weight excluding hydrogens is 517 g/mol. The standard InChI is InChI=1S/C27H23F3N4O3S/c1-14-10-20(33-23(11-14)34-22-12-15(8-9-31-22)27(28,29)30)21-13-32-25(38-21)18-5-3-4-17-16(18)6-7-19(24(17)35)26(36)37-2/h6-13,18,35H,3-5H2,1-2H3,(H,31,33,34). The van der Waals surface area contributed by atoms with Crippen LogP contribution in [0.25, 0.3) is 10.6 Å². The first-order valence-electron chi connectivity index (χ1n) is 11.8. The molecule has 196 valence electrons. The molecule has 1 aliphatic carbocycles. The molecule has 0 fully saturated rings. The molecule has 5 rings (SSSR count). The number of thiazole rings is 1. The van der Waals surface area contributed by atoms with Crippen LogP contribution in [0.1, 0.15) is 56.4 Å². The molecule has 0 saturated carbocycles. The van der Waals surface area contributed by atoms with E-state index >= 15 is 0 Å². The highest BCUT2D eigenvalue weighted by atomic mass is 32.1. The van der Waals surface area contributed by atoms with E-state index in [4.69, 9.17) is 4.74 Å². The number of hydrogen-bond acceptors (Lipinski definition) is 8. The van der Waals surface area contributed by atoms with Crippen LogP contribution in [0.5, 0.6) is 5.75 Å². The molecule has 0 amide bonds. The van der Waals surface area contributed by atoms with Gasteiger partial charge in [0.15, 0.2) is 0 Å². The summed E-state index contributed by atoms with van der Waals surface area (Å²) in [6, 6.07) is 8.89. The maximum atomic E-state index is 13.1. The Hall–Kier alpha value is -3.99. The number of anilines is 2. The van der Waals surface area contributed by atoms with Crippen molar-refractivity contribution in [1.29, 1.82) is 0 Å². The maximum Gasteiger partial charge on any atom is 0.416 e. The second kappa shape index (κ2) is 10.1. The fourth-order valence-corrected chi connectivity index (χ4v) is 5.67. The van der Waals surface area contributed by atoms with E-state index < -0.39 is 17.7 Å². The van der Waals surface area contributed by atoms with Gasteiger partial charge in [-0.05, 0) is 73.2 Å². The average Bonchev–Trinajstić information content (AvgIpc) is 3.38. The Morgan fingerprint density at radius 2 is 1.97 bits per heavy atom. The van der Waals surface area contributed by atoms with Crippen LogP contribution in [0.2, 0.25) is 0 Å². The number of halogens is 3.